The fourth-order valence-electron chi connectivity index (χ4n) is 2.94. The molecule has 0 aliphatic heterocycles. The van der Waals surface area contributed by atoms with Crippen molar-refractivity contribution in [3.05, 3.63) is 65.1 Å². The second kappa shape index (κ2) is 8.38. The first-order valence-electron chi connectivity index (χ1n) is 8.83. The minimum absolute atomic E-state index is 0.0197. The summed E-state index contributed by atoms with van der Waals surface area (Å²) in [7, 11) is 0. The number of ether oxygens (including phenoxy) is 1. The number of amides is 1. The van der Waals surface area contributed by atoms with Crippen LogP contribution in [0.5, 0.6) is 5.75 Å². The molecular weight excluding hydrogens is 330 g/mol. The third kappa shape index (κ3) is 3.96. The summed E-state index contributed by atoms with van der Waals surface area (Å²) in [5.41, 5.74) is 1.47. The maximum Gasteiger partial charge on any atom is 0.329 e. The van der Waals surface area contributed by atoms with Gasteiger partial charge in [0.2, 0.25) is 5.91 Å². The number of nitrogens with zero attached hydrogens (tertiary/aromatic N) is 2. The van der Waals surface area contributed by atoms with Gasteiger partial charge in [0.15, 0.2) is 0 Å². The monoisotopic (exact) mass is 353 g/mol. The Morgan fingerprint density at radius 3 is 2.35 bits per heavy atom. The van der Waals surface area contributed by atoms with E-state index in [9.17, 15) is 9.59 Å². The fraction of sp³-hybridized carbons (Fsp3) is 0.300. The van der Waals surface area contributed by atoms with E-state index in [1.54, 1.807) is 4.57 Å². The third-order valence-corrected chi connectivity index (χ3v) is 4.20. The Bertz CT molecular complexity index is 928. The zero-order chi connectivity index (χ0) is 18.4. The van der Waals surface area contributed by atoms with Gasteiger partial charge in [-0.05, 0) is 37.6 Å². The molecule has 0 spiro atoms. The fourth-order valence-corrected chi connectivity index (χ4v) is 2.94. The highest BCUT2D eigenvalue weighted by Gasteiger charge is 2.13. The normalized spacial score (nSPS) is 10.8. The lowest BCUT2D eigenvalue weighted by Gasteiger charge is -2.08. The molecule has 0 fully saturated rings. The van der Waals surface area contributed by atoms with Crippen LogP contribution in [0.4, 0.5) is 0 Å². The van der Waals surface area contributed by atoms with E-state index in [0.717, 1.165) is 16.8 Å². The van der Waals surface area contributed by atoms with Gasteiger partial charge in [-0.15, -0.1) is 0 Å². The topological polar surface area (TPSA) is 65.3 Å². The van der Waals surface area contributed by atoms with Crippen molar-refractivity contribution in [2.75, 3.05) is 13.2 Å². The Balaban J connectivity index is 1.53. The number of hydrogen-bond acceptors (Lipinski definition) is 3. The number of carbonyl (C=O) groups is 1. The number of hydrogen-bond donors (Lipinski definition) is 1. The van der Waals surface area contributed by atoms with E-state index in [1.165, 1.54) is 4.57 Å². The van der Waals surface area contributed by atoms with E-state index in [2.05, 4.69) is 5.32 Å². The molecule has 0 atom stereocenters. The Labute approximate surface area is 152 Å². The summed E-state index contributed by atoms with van der Waals surface area (Å²) in [6.45, 7) is 3.55. The van der Waals surface area contributed by atoms with Gasteiger partial charge in [0.1, 0.15) is 12.3 Å². The first-order chi connectivity index (χ1) is 12.7. The molecule has 0 saturated carbocycles. The maximum atomic E-state index is 12.5. The highest BCUT2D eigenvalue weighted by molar-refractivity contribution is 5.80. The predicted octanol–water partition coefficient (Wildman–Crippen LogP) is 2.41. The van der Waals surface area contributed by atoms with E-state index in [1.807, 2.05) is 61.5 Å². The van der Waals surface area contributed by atoms with Gasteiger partial charge < -0.3 is 10.1 Å². The van der Waals surface area contributed by atoms with Crippen LogP contribution >= 0.6 is 0 Å². The minimum Gasteiger partial charge on any atom is -0.494 e. The lowest BCUT2D eigenvalue weighted by Crippen LogP contribution is -2.33. The van der Waals surface area contributed by atoms with Crippen LogP contribution in [-0.4, -0.2) is 28.2 Å². The Kier molecular flexibility index (Phi) is 5.73. The van der Waals surface area contributed by atoms with Gasteiger partial charge in [0.05, 0.1) is 17.6 Å². The summed E-state index contributed by atoms with van der Waals surface area (Å²) in [4.78, 5) is 24.7. The second-order valence-corrected chi connectivity index (χ2v) is 5.97. The number of imidazole rings is 1. The maximum absolute atomic E-state index is 12.5. The van der Waals surface area contributed by atoms with E-state index in [4.69, 9.17) is 4.74 Å². The number of fused-ring (bicyclic) bond motifs is 1. The molecule has 6 heteroatoms. The number of rotatable bonds is 8. The Morgan fingerprint density at radius 1 is 1.00 bits per heavy atom. The highest BCUT2D eigenvalue weighted by atomic mass is 16.5. The van der Waals surface area contributed by atoms with E-state index >= 15 is 0 Å². The van der Waals surface area contributed by atoms with Crippen LogP contribution < -0.4 is 15.7 Å². The number of nitrogens with one attached hydrogen (secondary N) is 1. The molecule has 26 heavy (non-hydrogen) atoms. The molecule has 6 nitrogen and oxygen atoms in total. The summed E-state index contributed by atoms with van der Waals surface area (Å²) in [6.07, 6.45) is 0.701. The van der Waals surface area contributed by atoms with E-state index in [0.29, 0.717) is 26.1 Å². The molecule has 0 unspecified atom stereocenters. The predicted molar refractivity (Wildman–Crippen MR) is 101 cm³/mol. The highest BCUT2D eigenvalue weighted by Crippen LogP contribution is 2.12. The molecule has 0 bridgehead atoms. The van der Waals surface area contributed by atoms with Crippen molar-refractivity contribution < 1.29 is 9.53 Å². The van der Waals surface area contributed by atoms with Gasteiger partial charge in [-0.25, -0.2) is 4.79 Å². The number of benzene rings is 2. The molecule has 3 aromatic rings. The van der Waals surface area contributed by atoms with Gasteiger partial charge in [-0.2, -0.15) is 0 Å². The Morgan fingerprint density at radius 2 is 1.65 bits per heavy atom. The van der Waals surface area contributed by atoms with Gasteiger partial charge in [0.25, 0.3) is 0 Å². The molecule has 1 heterocycles. The van der Waals surface area contributed by atoms with Crippen molar-refractivity contribution in [3.63, 3.8) is 0 Å². The molecule has 0 aliphatic rings. The number of aromatic nitrogens is 2. The molecule has 1 N–H and O–H groups in total. The van der Waals surface area contributed by atoms with Gasteiger partial charge in [-0.1, -0.05) is 30.3 Å². The first kappa shape index (κ1) is 17.8. The zero-order valence-corrected chi connectivity index (χ0v) is 14.9. The molecule has 2 aromatic carbocycles. The van der Waals surface area contributed by atoms with Crippen molar-refractivity contribution in [3.8, 4) is 5.75 Å². The van der Waals surface area contributed by atoms with Crippen LogP contribution in [0, 0.1) is 0 Å². The average Bonchev–Trinajstić information content (AvgIpc) is 2.93. The molecule has 0 saturated heterocycles. The van der Waals surface area contributed by atoms with Crippen molar-refractivity contribution >= 4 is 16.9 Å². The van der Waals surface area contributed by atoms with Crippen molar-refractivity contribution in [2.45, 2.75) is 26.4 Å². The van der Waals surface area contributed by atoms with Crippen molar-refractivity contribution in [1.29, 1.82) is 0 Å². The van der Waals surface area contributed by atoms with Crippen LogP contribution in [0.2, 0.25) is 0 Å². The van der Waals surface area contributed by atoms with Gasteiger partial charge in [-0.3, -0.25) is 13.9 Å². The summed E-state index contributed by atoms with van der Waals surface area (Å²) in [5, 5.41) is 2.85. The molecular formula is C20H23N3O3. The smallest absolute Gasteiger partial charge is 0.329 e. The largest absolute Gasteiger partial charge is 0.494 e. The molecule has 136 valence electrons. The Hall–Kier alpha value is -3.02. The minimum atomic E-state index is -0.175. The summed E-state index contributed by atoms with van der Waals surface area (Å²) in [5.74, 6) is 0.642. The van der Waals surface area contributed by atoms with Crippen LogP contribution in [0.3, 0.4) is 0 Å². The first-order valence-corrected chi connectivity index (χ1v) is 8.83. The number of carbonyl (C=O) groups excluding carboxylic acids is 1. The van der Waals surface area contributed by atoms with Crippen LogP contribution in [0.15, 0.2) is 59.4 Å². The second-order valence-electron chi connectivity index (χ2n) is 5.97. The molecule has 1 amide bonds. The van der Waals surface area contributed by atoms with Crippen molar-refractivity contribution in [1.82, 2.24) is 14.5 Å². The van der Waals surface area contributed by atoms with E-state index < -0.39 is 0 Å². The number of para-hydroxylation sites is 3. The van der Waals surface area contributed by atoms with E-state index in [-0.39, 0.29) is 18.1 Å². The van der Waals surface area contributed by atoms with Crippen molar-refractivity contribution in [2.24, 2.45) is 0 Å². The van der Waals surface area contributed by atoms with Crippen LogP contribution in [0.25, 0.3) is 11.0 Å². The van der Waals surface area contributed by atoms with Crippen LogP contribution in [0.1, 0.15) is 13.3 Å². The number of aryl methyl sites for hydroxylation is 1. The lowest BCUT2D eigenvalue weighted by atomic mass is 10.3. The molecule has 0 aliphatic carbocycles. The SMILES string of the molecule is CCn1c(=O)n(CC(=O)NCCCOc2ccccc2)c2ccccc21. The van der Waals surface area contributed by atoms with Gasteiger partial charge >= 0.3 is 5.69 Å². The van der Waals surface area contributed by atoms with Crippen LogP contribution in [-0.2, 0) is 17.9 Å². The molecule has 1 aromatic heterocycles. The van der Waals surface area contributed by atoms with Gasteiger partial charge in [0, 0.05) is 13.1 Å². The summed E-state index contributed by atoms with van der Waals surface area (Å²) in [6, 6.07) is 17.1. The zero-order valence-electron chi connectivity index (χ0n) is 14.9. The third-order valence-electron chi connectivity index (χ3n) is 4.20. The standard InChI is InChI=1S/C20H23N3O3/c1-2-22-17-11-6-7-12-18(17)23(20(22)25)15-19(24)21-13-8-14-26-16-9-4-3-5-10-16/h3-7,9-12H,2,8,13-15H2,1H3,(H,21,24). The summed E-state index contributed by atoms with van der Waals surface area (Å²) >= 11 is 0. The molecule has 0 radical (unpaired) electrons. The molecule has 3 rings (SSSR count). The average molecular weight is 353 g/mol. The summed E-state index contributed by atoms with van der Waals surface area (Å²) < 4.78 is 8.79. The quantitative estimate of drug-likeness (QED) is 0.633. The lowest BCUT2D eigenvalue weighted by molar-refractivity contribution is -0.121.